The summed E-state index contributed by atoms with van der Waals surface area (Å²) < 4.78 is 7.30. The Morgan fingerprint density at radius 2 is 1.95 bits per heavy atom. The average molecular weight is 296 g/mol. The fraction of sp³-hybridized carbons (Fsp3) is 0.471. The van der Waals surface area contributed by atoms with E-state index in [1.54, 1.807) is 0 Å². The minimum atomic E-state index is 0.380. The number of nitrogens with zero attached hydrogens (tertiary/aromatic N) is 4. The summed E-state index contributed by atoms with van der Waals surface area (Å²) in [6.07, 6.45) is 5.93. The van der Waals surface area contributed by atoms with Gasteiger partial charge in [0, 0.05) is 5.92 Å². The predicted octanol–water partition coefficient (Wildman–Crippen LogP) is 3.59. The number of rotatable bonds is 4. The number of hydrogen-bond acceptors (Lipinski definition) is 4. The molecule has 1 aromatic carbocycles. The molecule has 0 unspecified atom stereocenters. The van der Waals surface area contributed by atoms with Crippen LogP contribution in [-0.2, 0) is 0 Å². The lowest BCUT2D eigenvalue weighted by molar-refractivity contribution is 0.340. The smallest absolute Gasteiger partial charge is 0.186 e. The number of aromatic nitrogens is 3. The third kappa shape index (κ3) is 2.82. The highest BCUT2D eigenvalue weighted by atomic mass is 16.5. The van der Waals surface area contributed by atoms with E-state index in [2.05, 4.69) is 16.4 Å². The molecule has 3 rings (SSSR count). The Balaban J connectivity index is 1.96. The molecule has 1 aromatic heterocycles. The number of hydrogen-bond donors (Lipinski definition) is 0. The Bertz CT molecular complexity index is 663. The van der Waals surface area contributed by atoms with Gasteiger partial charge in [0.15, 0.2) is 5.69 Å². The van der Waals surface area contributed by atoms with Crippen molar-refractivity contribution in [3.8, 4) is 17.5 Å². The first kappa shape index (κ1) is 14.6. The van der Waals surface area contributed by atoms with Crippen LogP contribution in [0.25, 0.3) is 5.69 Å². The summed E-state index contributed by atoms with van der Waals surface area (Å²) in [6, 6.07) is 9.98. The van der Waals surface area contributed by atoms with Crippen LogP contribution < -0.4 is 4.74 Å². The summed E-state index contributed by atoms with van der Waals surface area (Å²) in [4.78, 5) is 0. The van der Waals surface area contributed by atoms with Gasteiger partial charge in [0.1, 0.15) is 11.8 Å². The maximum absolute atomic E-state index is 9.34. The normalized spacial score (nSPS) is 15.5. The molecule has 0 radical (unpaired) electrons. The van der Waals surface area contributed by atoms with Crippen molar-refractivity contribution in [1.82, 2.24) is 15.0 Å². The van der Waals surface area contributed by atoms with Crippen LogP contribution in [0.1, 0.15) is 56.3 Å². The Hall–Kier alpha value is -2.35. The van der Waals surface area contributed by atoms with Crippen LogP contribution >= 0.6 is 0 Å². The molecular formula is C17H20N4O. The van der Waals surface area contributed by atoms with Crippen molar-refractivity contribution in [2.75, 3.05) is 6.61 Å². The Morgan fingerprint density at radius 3 is 2.59 bits per heavy atom. The van der Waals surface area contributed by atoms with Crippen LogP contribution in [0, 0.1) is 11.3 Å². The summed E-state index contributed by atoms with van der Waals surface area (Å²) in [7, 11) is 0. The van der Waals surface area contributed by atoms with E-state index >= 15 is 0 Å². The second-order valence-corrected chi connectivity index (χ2v) is 5.61. The zero-order chi connectivity index (χ0) is 15.4. The molecule has 0 atom stereocenters. The highest BCUT2D eigenvalue weighted by Crippen LogP contribution is 2.34. The number of ether oxygens (including phenoxy) is 1. The van der Waals surface area contributed by atoms with Crippen molar-refractivity contribution in [3.05, 3.63) is 35.7 Å². The second kappa shape index (κ2) is 6.61. The zero-order valence-corrected chi connectivity index (χ0v) is 12.8. The molecule has 1 fully saturated rings. The molecule has 0 N–H and O–H groups in total. The van der Waals surface area contributed by atoms with E-state index in [1.165, 1.54) is 19.3 Å². The van der Waals surface area contributed by atoms with E-state index in [0.717, 1.165) is 30.0 Å². The molecule has 1 heterocycles. The van der Waals surface area contributed by atoms with Gasteiger partial charge in [-0.1, -0.05) is 24.5 Å². The molecule has 1 saturated carbocycles. The van der Waals surface area contributed by atoms with E-state index in [1.807, 2.05) is 35.9 Å². The monoisotopic (exact) mass is 296 g/mol. The lowest BCUT2D eigenvalue weighted by Crippen LogP contribution is -2.12. The minimum Gasteiger partial charge on any atom is -0.494 e. The predicted molar refractivity (Wildman–Crippen MR) is 83.1 cm³/mol. The fourth-order valence-corrected chi connectivity index (χ4v) is 3.15. The van der Waals surface area contributed by atoms with Crippen molar-refractivity contribution in [2.24, 2.45) is 0 Å². The van der Waals surface area contributed by atoms with Gasteiger partial charge in [0.2, 0.25) is 0 Å². The van der Waals surface area contributed by atoms with Crippen LogP contribution in [-0.4, -0.2) is 21.6 Å². The number of nitriles is 1. The highest BCUT2D eigenvalue weighted by Gasteiger charge is 2.25. The molecule has 22 heavy (non-hydrogen) atoms. The van der Waals surface area contributed by atoms with Gasteiger partial charge in [0.25, 0.3) is 0 Å². The SMILES string of the molecule is CCOc1ccc(-n2nnc(C#N)c2C2CCCCC2)cc1. The molecule has 0 aliphatic heterocycles. The molecule has 0 amide bonds. The van der Waals surface area contributed by atoms with Gasteiger partial charge in [0.05, 0.1) is 18.0 Å². The van der Waals surface area contributed by atoms with Crippen molar-refractivity contribution in [1.29, 1.82) is 5.26 Å². The third-order valence-electron chi connectivity index (χ3n) is 4.20. The van der Waals surface area contributed by atoms with E-state index in [9.17, 15) is 5.26 Å². The van der Waals surface area contributed by atoms with Crippen LogP contribution in [0.5, 0.6) is 5.75 Å². The van der Waals surface area contributed by atoms with Crippen molar-refractivity contribution in [3.63, 3.8) is 0 Å². The van der Waals surface area contributed by atoms with Gasteiger partial charge in [-0.05, 0) is 44.0 Å². The van der Waals surface area contributed by atoms with Gasteiger partial charge in [-0.2, -0.15) is 5.26 Å². The molecule has 1 aliphatic rings. The van der Waals surface area contributed by atoms with E-state index < -0.39 is 0 Å². The van der Waals surface area contributed by atoms with Crippen LogP contribution in [0.15, 0.2) is 24.3 Å². The second-order valence-electron chi connectivity index (χ2n) is 5.61. The molecule has 0 spiro atoms. The lowest BCUT2D eigenvalue weighted by Gasteiger charge is -2.22. The van der Waals surface area contributed by atoms with Gasteiger partial charge in [-0.25, -0.2) is 4.68 Å². The molecule has 0 bridgehead atoms. The minimum absolute atomic E-state index is 0.380. The van der Waals surface area contributed by atoms with Gasteiger partial charge < -0.3 is 4.74 Å². The van der Waals surface area contributed by atoms with Crippen LogP contribution in [0.4, 0.5) is 0 Å². The molecule has 5 heteroatoms. The van der Waals surface area contributed by atoms with Gasteiger partial charge in [-0.3, -0.25) is 0 Å². The molecule has 114 valence electrons. The first-order valence-corrected chi connectivity index (χ1v) is 7.92. The first-order valence-electron chi connectivity index (χ1n) is 7.92. The summed E-state index contributed by atoms with van der Waals surface area (Å²) >= 11 is 0. The number of benzene rings is 1. The summed E-state index contributed by atoms with van der Waals surface area (Å²) in [5.41, 5.74) is 2.35. The van der Waals surface area contributed by atoms with Crippen molar-refractivity contribution < 1.29 is 4.74 Å². The average Bonchev–Trinajstić information content (AvgIpc) is 3.00. The molecule has 1 aliphatic carbocycles. The molecule has 5 nitrogen and oxygen atoms in total. The maximum atomic E-state index is 9.34. The summed E-state index contributed by atoms with van der Waals surface area (Å²) in [5, 5.41) is 17.6. The molecule has 2 aromatic rings. The Morgan fingerprint density at radius 1 is 1.23 bits per heavy atom. The molecular weight excluding hydrogens is 276 g/mol. The summed E-state index contributed by atoms with van der Waals surface area (Å²) in [5.74, 6) is 1.22. The largest absolute Gasteiger partial charge is 0.494 e. The third-order valence-corrected chi connectivity index (χ3v) is 4.20. The van der Waals surface area contributed by atoms with E-state index in [-0.39, 0.29) is 0 Å². The standard InChI is InChI=1S/C17H20N4O/c1-2-22-15-10-8-14(9-11-15)21-17(16(12-18)19-20-21)13-6-4-3-5-7-13/h8-11,13H,2-7H2,1H3. The highest BCUT2D eigenvalue weighted by molar-refractivity contribution is 5.41. The first-order chi connectivity index (χ1) is 10.8. The zero-order valence-electron chi connectivity index (χ0n) is 12.8. The lowest BCUT2D eigenvalue weighted by atomic mass is 9.86. The van der Waals surface area contributed by atoms with E-state index in [4.69, 9.17) is 4.74 Å². The molecule has 0 saturated heterocycles. The van der Waals surface area contributed by atoms with E-state index in [0.29, 0.717) is 18.2 Å². The fourth-order valence-electron chi connectivity index (χ4n) is 3.15. The summed E-state index contributed by atoms with van der Waals surface area (Å²) in [6.45, 7) is 2.61. The van der Waals surface area contributed by atoms with Crippen molar-refractivity contribution in [2.45, 2.75) is 44.9 Å². The van der Waals surface area contributed by atoms with Crippen LogP contribution in [0.2, 0.25) is 0 Å². The van der Waals surface area contributed by atoms with Gasteiger partial charge in [-0.15, -0.1) is 5.10 Å². The quantitative estimate of drug-likeness (QED) is 0.865. The maximum Gasteiger partial charge on any atom is 0.186 e. The van der Waals surface area contributed by atoms with Crippen LogP contribution in [0.3, 0.4) is 0 Å². The van der Waals surface area contributed by atoms with Crippen molar-refractivity contribution >= 4 is 0 Å². The van der Waals surface area contributed by atoms with Gasteiger partial charge >= 0.3 is 0 Å². The topological polar surface area (TPSA) is 63.7 Å². The Labute approximate surface area is 130 Å². The Kier molecular flexibility index (Phi) is 4.38.